The fraction of sp³-hybridized carbons (Fsp3) is 0.231. The Morgan fingerprint density at radius 1 is 1.44 bits per heavy atom. The van der Waals surface area contributed by atoms with Crippen molar-refractivity contribution in [2.45, 2.75) is 19.4 Å². The van der Waals surface area contributed by atoms with Gasteiger partial charge in [-0.2, -0.15) is 5.26 Å². The normalized spacial score (nSPS) is 11.8. The van der Waals surface area contributed by atoms with Crippen molar-refractivity contribution in [2.75, 3.05) is 0 Å². The molecule has 90 valence electrons. The summed E-state index contributed by atoms with van der Waals surface area (Å²) in [6.45, 7) is 1.84. The number of nitrogens with one attached hydrogen (secondary N) is 1. The number of carbonyl (C=O) groups excluding carboxylic acids is 1. The van der Waals surface area contributed by atoms with Crippen LogP contribution in [0, 0.1) is 11.3 Å². The number of carbonyl (C=O) groups is 1. The average molecular weight is 240 g/mol. The number of para-hydroxylation sites is 1. The van der Waals surface area contributed by atoms with Gasteiger partial charge in [-0.15, -0.1) is 0 Å². The van der Waals surface area contributed by atoms with Gasteiger partial charge in [0.05, 0.1) is 17.1 Å². The Morgan fingerprint density at radius 2 is 2.22 bits per heavy atom. The summed E-state index contributed by atoms with van der Waals surface area (Å²) in [7, 11) is 0. The van der Waals surface area contributed by atoms with Crippen molar-refractivity contribution < 1.29 is 4.79 Å². The van der Waals surface area contributed by atoms with Crippen LogP contribution in [0.1, 0.15) is 23.7 Å². The van der Waals surface area contributed by atoms with Crippen LogP contribution in [-0.4, -0.2) is 21.9 Å². The molecule has 0 aliphatic rings. The lowest BCUT2D eigenvalue weighted by Gasteiger charge is -2.10. The van der Waals surface area contributed by atoms with E-state index in [4.69, 9.17) is 5.26 Å². The zero-order valence-electron chi connectivity index (χ0n) is 9.92. The first-order valence-corrected chi connectivity index (χ1v) is 5.66. The first-order valence-electron chi connectivity index (χ1n) is 5.66. The molecule has 0 aliphatic heterocycles. The maximum absolute atomic E-state index is 12.1. The number of rotatable bonds is 3. The van der Waals surface area contributed by atoms with Crippen molar-refractivity contribution in [3.05, 3.63) is 36.2 Å². The summed E-state index contributed by atoms with van der Waals surface area (Å²) >= 11 is 0. The Bertz CT molecular complexity index is 612. The van der Waals surface area contributed by atoms with Gasteiger partial charge >= 0.3 is 0 Å². The van der Waals surface area contributed by atoms with Crippen molar-refractivity contribution in [3.8, 4) is 6.07 Å². The van der Waals surface area contributed by atoms with E-state index in [-0.39, 0.29) is 5.91 Å². The summed E-state index contributed by atoms with van der Waals surface area (Å²) in [5, 5.41) is 11.5. The van der Waals surface area contributed by atoms with Crippen molar-refractivity contribution in [2.24, 2.45) is 0 Å². The third kappa shape index (κ3) is 2.28. The number of nitriles is 1. The SMILES string of the molecule is CCC(C#N)NC(=O)c1cccc2nccnc12. The summed E-state index contributed by atoms with van der Waals surface area (Å²) in [6.07, 6.45) is 3.69. The van der Waals surface area contributed by atoms with Gasteiger partial charge < -0.3 is 5.32 Å². The second-order valence-corrected chi connectivity index (χ2v) is 3.79. The lowest BCUT2D eigenvalue weighted by molar-refractivity contribution is 0.0946. The molecule has 1 atom stereocenters. The van der Waals surface area contributed by atoms with Gasteiger partial charge in [-0.3, -0.25) is 14.8 Å². The molecule has 0 radical (unpaired) electrons. The predicted molar refractivity (Wildman–Crippen MR) is 66.7 cm³/mol. The maximum atomic E-state index is 12.1. The highest BCUT2D eigenvalue weighted by Gasteiger charge is 2.14. The number of hydrogen-bond donors (Lipinski definition) is 1. The van der Waals surface area contributed by atoms with Gasteiger partial charge in [-0.05, 0) is 18.6 Å². The van der Waals surface area contributed by atoms with Crippen molar-refractivity contribution >= 4 is 16.9 Å². The number of nitrogens with zero attached hydrogens (tertiary/aromatic N) is 3. The second kappa shape index (κ2) is 5.23. The first kappa shape index (κ1) is 12.0. The molecular formula is C13H12N4O. The van der Waals surface area contributed by atoms with E-state index in [0.717, 1.165) is 0 Å². The van der Waals surface area contributed by atoms with Gasteiger partial charge in [0.2, 0.25) is 0 Å². The standard InChI is InChI=1S/C13H12N4O/c1-2-9(8-14)17-13(18)10-4-3-5-11-12(10)16-7-6-15-11/h3-7,9H,2H2,1H3,(H,17,18). The molecular weight excluding hydrogens is 228 g/mol. The Kier molecular flexibility index (Phi) is 3.49. The minimum atomic E-state index is -0.482. The number of amides is 1. The zero-order chi connectivity index (χ0) is 13.0. The molecule has 1 amide bonds. The van der Waals surface area contributed by atoms with Gasteiger partial charge in [0, 0.05) is 12.4 Å². The molecule has 0 aliphatic carbocycles. The molecule has 2 rings (SSSR count). The minimum absolute atomic E-state index is 0.297. The summed E-state index contributed by atoms with van der Waals surface area (Å²) in [5.74, 6) is -0.297. The van der Waals surface area contributed by atoms with Crippen molar-refractivity contribution in [1.29, 1.82) is 5.26 Å². The molecule has 5 nitrogen and oxygen atoms in total. The van der Waals surface area contributed by atoms with E-state index in [1.807, 2.05) is 13.0 Å². The predicted octanol–water partition coefficient (Wildman–Crippen LogP) is 1.66. The van der Waals surface area contributed by atoms with Crippen LogP contribution in [0.3, 0.4) is 0 Å². The summed E-state index contributed by atoms with van der Waals surface area (Å²) in [6, 6.07) is 6.77. The van der Waals surface area contributed by atoms with E-state index in [1.54, 1.807) is 30.6 Å². The third-order valence-corrected chi connectivity index (χ3v) is 2.61. The van der Waals surface area contributed by atoms with Crippen LogP contribution in [0.25, 0.3) is 11.0 Å². The van der Waals surface area contributed by atoms with Crippen molar-refractivity contribution in [3.63, 3.8) is 0 Å². The van der Waals surface area contributed by atoms with E-state index in [0.29, 0.717) is 23.0 Å². The molecule has 1 heterocycles. The molecule has 2 aromatic rings. The minimum Gasteiger partial charge on any atom is -0.336 e. The number of fused-ring (bicyclic) bond motifs is 1. The Hall–Kier alpha value is -2.48. The third-order valence-electron chi connectivity index (χ3n) is 2.61. The number of aromatic nitrogens is 2. The molecule has 0 bridgehead atoms. The molecule has 5 heteroatoms. The highest BCUT2D eigenvalue weighted by molar-refractivity contribution is 6.04. The largest absolute Gasteiger partial charge is 0.336 e. The highest BCUT2D eigenvalue weighted by atomic mass is 16.1. The first-order chi connectivity index (χ1) is 8.76. The van der Waals surface area contributed by atoms with Crippen LogP contribution < -0.4 is 5.32 Å². The van der Waals surface area contributed by atoms with E-state index >= 15 is 0 Å². The van der Waals surface area contributed by atoms with Gasteiger partial charge in [-0.1, -0.05) is 13.0 Å². The topological polar surface area (TPSA) is 78.7 Å². The van der Waals surface area contributed by atoms with Crippen LogP contribution in [0.5, 0.6) is 0 Å². The van der Waals surface area contributed by atoms with Gasteiger partial charge in [0.1, 0.15) is 11.6 Å². The lowest BCUT2D eigenvalue weighted by atomic mass is 10.1. The number of hydrogen-bond acceptors (Lipinski definition) is 4. The lowest BCUT2D eigenvalue weighted by Crippen LogP contribution is -2.33. The fourth-order valence-corrected chi connectivity index (χ4v) is 1.64. The molecule has 0 fully saturated rings. The van der Waals surface area contributed by atoms with Crippen LogP contribution in [0.15, 0.2) is 30.6 Å². The Balaban J connectivity index is 2.37. The van der Waals surface area contributed by atoms with E-state index in [2.05, 4.69) is 15.3 Å². The fourth-order valence-electron chi connectivity index (χ4n) is 1.64. The van der Waals surface area contributed by atoms with Gasteiger partial charge in [0.25, 0.3) is 5.91 Å². The maximum Gasteiger partial charge on any atom is 0.254 e. The van der Waals surface area contributed by atoms with E-state index in [1.165, 1.54) is 0 Å². The quantitative estimate of drug-likeness (QED) is 0.884. The summed E-state index contributed by atoms with van der Waals surface area (Å²) < 4.78 is 0. The van der Waals surface area contributed by atoms with Crippen molar-refractivity contribution in [1.82, 2.24) is 15.3 Å². The molecule has 0 saturated carbocycles. The zero-order valence-corrected chi connectivity index (χ0v) is 9.92. The van der Waals surface area contributed by atoms with Crippen LogP contribution in [-0.2, 0) is 0 Å². The van der Waals surface area contributed by atoms with Crippen LogP contribution in [0.2, 0.25) is 0 Å². The van der Waals surface area contributed by atoms with Crippen LogP contribution in [0.4, 0.5) is 0 Å². The highest BCUT2D eigenvalue weighted by Crippen LogP contribution is 2.13. The molecule has 18 heavy (non-hydrogen) atoms. The monoisotopic (exact) mass is 240 g/mol. The van der Waals surface area contributed by atoms with Gasteiger partial charge in [-0.25, -0.2) is 0 Å². The smallest absolute Gasteiger partial charge is 0.254 e. The molecule has 0 saturated heterocycles. The Labute approximate surface area is 104 Å². The second-order valence-electron chi connectivity index (χ2n) is 3.79. The molecule has 1 aromatic carbocycles. The number of benzene rings is 1. The summed E-state index contributed by atoms with van der Waals surface area (Å²) in [5.41, 5.74) is 1.65. The van der Waals surface area contributed by atoms with E-state index in [9.17, 15) is 4.79 Å². The molecule has 1 N–H and O–H groups in total. The Morgan fingerprint density at radius 3 is 2.94 bits per heavy atom. The molecule has 0 spiro atoms. The van der Waals surface area contributed by atoms with Crippen LogP contribution >= 0.6 is 0 Å². The van der Waals surface area contributed by atoms with E-state index < -0.39 is 6.04 Å². The molecule has 1 unspecified atom stereocenters. The van der Waals surface area contributed by atoms with Gasteiger partial charge in [0.15, 0.2) is 0 Å². The summed E-state index contributed by atoms with van der Waals surface area (Å²) in [4.78, 5) is 20.3. The average Bonchev–Trinajstić information content (AvgIpc) is 2.43. The molecule has 1 aromatic heterocycles.